The lowest BCUT2D eigenvalue weighted by Crippen LogP contribution is -2.26. The first-order valence-electron chi connectivity index (χ1n) is 6.25. The van der Waals surface area contributed by atoms with Gasteiger partial charge in [0.2, 0.25) is 0 Å². The van der Waals surface area contributed by atoms with Crippen molar-refractivity contribution in [1.29, 1.82) is 0 Å². The number of hydrogen-bond donors (Lipinski definition) is 0. The Morgan fingerprint density at radius 3 is 2.95 bits per heavy atom. The van der Waals surface area contributed by atoms with E-state index in [2.05, 4.69) is 9.98 Å². The van der Waals surface area contributed by atoms with Gasteiger partial charge >= 0.3 is 0 Å². The monoisotopic (exact) mass is 295 g/mol. The van der Waals surface area contributed by atoms with Gasteiger partial charge in [0.05, 0.1) is 10.7 Å². The second-order valence-corrected chi connectivity index (χ2v) is 4.54. The summed E-state index contributed by atoms with van der Waals surface area (Å²) in [4.78, 5) is 8.47. The van der Waals surface area contributed by atoms with Crippen molar-refractivity contribution in [2.75, 3.05) is 6.61 Å². The molecule has 0 aliphatic heterocycles. The van der Waals surface area contributed by atoms with Gasteiger partial charge in [-0.1, -0.05) is 11.6 Å². The summed E-state index contributed by atoms with van der Waals surface area (Å²) in [5.74, 6) is 0.244. The molecule has 1 atom stereocenters. The molecule has 0 N–H and O–H groups in total. The molecule has 0 radical (unpaired) electrons. The summed E-state index contributed by atoms with van der Waals surface area (Å²) in [6, 6.07) is 4.09. The molecular weight excluding hydrogens is 281 g/mol. The van der Waals surface area contributed by atoms with Crippen molar-refractivity contribution >= 4 is 23.1 Å². The molecule has 106 valence electrons. The molecule has 0 aliphatic carbocycles. The second kappa shape index (κ2) is 6.63. The molecule has 1 heterocycles. The van der Waals surface area contributed by atoms with Gasteiger partial charge in [-0.05, 0) is 32.0 Å². The Bertz CT molecular complexity index is 598. The number of aromatic nitrogens is 2. The Hall–Kier alpha value is -1.72. The topological polar surface area (TPSA) is 39.4 Å². The molecule has 0 bridgehead atoms. The quantitative estimate of drug-likeness (QED) is 0.637. The van der Waals surface area contributed by atoms with Gasteiger partial charge in [-0.15, -0.1) is 0 Å². The Morgan fingerprint density at radius 2 is 2.35 bits per heavy atom. The van der Waals surface area contributed by atoms with Gasteiger partial charge in [0.1, 0.15) is 24.1 Å². The molecule has 4 nitrogen and oxygen atoms in total. The van der Waals surface area contributed by atoms with Crippen LogP contribution in [-0.4, -0.2) is 28.1 Å². The number of nitrogens with zero attached hydrogens (tertiary/aromatic N) is 3. The standard InChI is InChI=1S/C14H15ClFN3O/c1-3-20-10(2)14(19-7-6-17-9-19)18-13-5-4-11(16)8-12(13)15/h4-10H,3H2,1-2H3. The third-order valence-corrected chi connectivity index (χ3v) is 3.00. The highest BCUT2D eigenvalue weighted by Crippen LogP contribution is 2.26. The van der Waals surface area contributed by atoms with E-state index < -0.39 is 5.82 Å². The molecule has 6 heteroatoms. The zero-order valence-electron chi connectivity index (χ0n) is 11.3. The lowest BCUT2D eigenvalue weighted by molar-refractivity contribution is 0.120. The van der Waals surface area contributed by atoms with Gasteiger partial charge in [-0.25, -0.2) is 14.4 Å². The van der Waals surface area contributed by atoms with Crippen LogP contribution in [0.15, 0.2) is 41.9 Å². The van der Waals surface area contributed by atoms with E-state index in [9.17, 15) is 4.39 Å². The molecule has 0 fully saturated rings. The molecule has 0 aliphatic rings. The number of halogens is 2. The summed E-state index contributed by atoms with van der Waals surface area (Å²) in [6.45, 7) is 4.36. The van der Waals surface area contributed by atoms with Crippen molar-refractivity contribution in [2.45, 2.75) is 20.0 Å². The van der Waals surface area contributed by atoms with E-state index in [-0.39, 0.29) is 11.1 Å². The Kier molecular flexibility index (Phi) is 4.87. The van der Waals surface area contributed by atoms with E-state index in [0.717, 1.165) is 0 Å². The number of benzene rings is 1. The normalized spacial score (nSPS) is 13.5. The molecule has 0 spiro atoms. The highest BCUT2D eigenvalue weighted by Gasteiger charge is 2.14. The molecule has 0 saturated heterocycles. The zero-order chi connectivity index (χ0) is 14.5. The molecule has 0 amide bonds. The van der Waals surface area contributed by atoms with E-state index in [1.807, 2.05) is 13.8 Å². The number of ether oxygens (including phenoxy) is 1. The van der Waals surface area contributed by atoms with Crippen molar-refractivity contribution in [3.05, 3.63) is 47.8 Å². The molecule has 1 aromatic heterocycles. The number of hydrogen-bond acceptors (Lipinski definition) is 3. The first kappa shape index (κ1) is 14.7. The molecule has 1 unspecified atom stereocenters. The molecule has 1 aromatic carbocycles. The average Bonchev–Trinajstić information content (AvgIpc) is 2.91. The molecule has 20 heavy (non-hydrogen) atoms. The summed E-state index contributed by atoms with van der Waals surface area (Å²) in [5, 5.41) is 0.256. The first-order valence-corrected chi connectivity index (χ1v) is 6.63. The largest absolute Gasteiger partial charge is 0.371 e. The number of rotatable bonds is 4. The van der Waals surface area contributed by atoms with E-state index in [0.29, 0.717) is 18.1 Å². The van der Waals surface area contributed by atoms with Crippen molar-refractivity contribution < 1.29 is 9.13 Å². The average molecular weight is 296 g/mol. The van der Waals surface area contributed by atoms with Crippen LogP contribution in [-0.2, 0) is 4.74 Å². The Balaban J connectivity index is 2.42. The van der Waals surface area contributed by atoms with Crippen LogP contribution in [0, 0.1) is 5.82 Å². The van der Waals surface area contributed by atoms with Crippen molar-refractivity contribution in [2.24, 2.45) is 4.99 Å². The van der Waals surface area contributed by atoms with E-state index in [4.69, 9.17) is 16.3 Å². The smallest absolute Gasteiger partial charge is 0.143 e. The maximum atomic E-state index is 13.1. The van der Waals surface area contributed by atoms with Crippen LogP contribution in [0.5, 0.6) is 0 Å². The van der Waals surface area contributed by atoms with E-state index >= 15 is 0 Å². The molecular formula is C14H15ClFN3O. The van der Waals surface area contributed by atoms with Crippen LogP contribution in [0.4, 0.5) is 10.1 Å². The minimum atomic E-state index is -0.393. The summed E-state index contributed by atoms with van der Waals surface area (Å²) in [5.41, 5.74) is 0.489. The summed E-state index contributed by atoms with van der Waals surface area (Å²) in [7, 11) is 0. The summed E-state index contributed by atoms with van der Waals surface area (Å²) in [6.07, 6.45) is 4.81. The van der Waals surface area contributed by atoms with Crippen LogP contribution in [0.3, 0.4) is 0 Å². The zero-order valence-corrected chi connectivity index (χ0v) is 12.0. The number of imidazole rings is 1. The van der Waals surface area contributed by atoms with Crippen LogP contribution >= 0.6 is 11.6 Å². The van der Waals surface area contributed by atoms with Gasteiger partial charge in [-0.2, -0.15) is 0 Å². The van der Waals surface area contributed by atoms with Gasteiger partial charge in [0.15, 0.2) is 0 Å². The third-order valence-electron chi connectivity index (χ3n) is 2.69. The fraction of sp³-hybridized carbons (Fsp3) is 0.286. The third kappa shape index (κ3) is 3.43. The SMILES string of the molecule is CCOC(C)C(=Nc1ccc(F)cc1Cl)n1ccnc1. The van der Waals surface area contributed by atoms with Crippen molar-refractivity contribution in [1.82, 2.24) is 9.55 Å². The van der Waals surface area contributed by atoms with Crippen LogP contribution in [0.25, 0.3) is 0 Å². The predicted octanol–water partition coefficient (Wildman–Crippen LogP) is 3.68. The van der Waals surface area contributed by atoms with Crippen molar-refractivity contribution in [3.8, 4) is 0 Å². The first-order chi connectivity index (χ1) is 9.61. The molecule has 0 saturated carbocycles. The molecule has 2 aromatic rings. The maximum Gasteiger partial charge on any atom is 0.143 e. The summed E-state index contributed by atoms with van der Waals surface area (Å²) < 4.78 is 20.4. The lowest BCUT2D eigenvalue weighted by Gasteiger charge is -2.15. The maximum absolute atomic E-state index is 13.1. The fourth-order valence-corrected chi connectivity index (χ4v) is 1.98. The fourth-order valence-electron chi connectivity index (χ4n) is 1.77. The van der Waals surface area contributed by atoms with Crippen LogP contribution in [0.1, 0.15) is 13.8 Å². The van der Waals surface area contributed by atoms with Gasteiger partial charge in [0, 0.05) is 19.0 Å². The van der Waals surface area contributed by atoms with E-state index in [1.54, 1.807) is 23.3 Å². The Morgan fingerprint density at radius 1 is 1.55 bits per heavy atom. The number of aliphatic imine (C=N–C) groups is 1. The summed E-state index contributed by atoms with van der Waals surface area (Å²) >= 11 is 6.00. The molecule has 2 rings (SSSR count). The predicted molar refractivity (Wildman–Crippen MR) is 77.2 cm³/mol. The Labute approximate surface area is 121 Å². The highest BCUT2D eigenvalue weighted by atomic mass is 35.5. The minimum absolute atomic E-state index is 0.240. The van der Waals surface area contributed by atoms with Crippen LogP contribution < -0.4 is 0 Å². The van der Waals surface area contributed by atoms with E-state index in [1.165, 1.54) is 18.2 Å². The minimum Gasteiger partial charge on any atom is -0.371 e. The van der Waals surface area contributed by atoms with Crippen molar-refractivity contribution in [3.63, 3.8) is 0 Å². The highest BCUT2D eigenvalue weighted by molar-refractivity contribution is 6.33. The van der Waals surface area contributed by atoms with Gasteiger partial charge in [-0.3, -0.25) is 4.57 Å². The van der Waals surface area contributed by atoms with Gasteiger partial charge in [0.25, 0.3) is 0 Å². The second-order valence-electron chi connectivity index (χ2n) is 4.13. The van der Waals surface area contributed by atoms with Crippen LogP contribution in [0.2, 0.25) is 5.02 Å². The van der Waals surface area contributed by atoms with Gasteiger partial charge < -0.3 is 4.74 Å². The lowest BCUT2D eigenvalue weighted by atomic mass is 10.3.